The Morgan fingerprint density at radius 1 is 1.14 bits per heavy atom. The number of nitrogens with one attached hydrogen (secondary N) is 1. The molecular formula is C15H14F2N2O2. The van der Waals surface area contributed by atoms with Gasteiger partial charge in [-0.15, -0.1) is 0 Å². The second kappa shape index (κ2) is 6.81. The average molecular weight is 292 g/mol. The van der Waals surface area contributed by atoms with E-state index in [-0.39, 0.29) is 11.4 Å². The number of hydrogen-bond donors (Lipinski definition) is 2. The number of para-hydroxylation sites is 2. The minimum absolute atomic E-state index is 0.0839. The molecule has 4 nitrogen and oxygen atoms in total. The van der Waals surface area contributed by atoms with Gasteiger partial charge in [0.15, 0.2) is 0 Å². The Labute approximate surface area is 120 Å². The molecule has 0 aliphatic heterocycles. The molecule has 0 aliphatic rings. The van der Waals surface area contributed by atoms with E-state index in [1.807, 2.05) is 0 Å². The van der Waals surface area contributed by atoms with Crippen LogP contribution in [-0.4, -0.2) is 12.5 Å². The Hall–Kier alpha value is -2.47. The van der Waals surface area contributed by atoms with Gasteiger partial charge in [0, 0.05) is 12.1 Å². The van der Waals surface area contributed by atoms with E-state index < -0.39 is 12.5 Å². The molecule has 2 rings (SSSR count). The van der Waals surface area contributed by atoms with Gasteiger partial charge in [0.2, 0.25) is 0 Å². The Balaban J connectivity index is 2.15. The molecule has 2 aromatic rings. The lowest BCUT2D eigenvalue weighted by Crippen LogP contribution is -2.14. The second-order valence-corrected chi connectivity index (χ2v) is 4.23. The van der Waals surface area contributed by atoms with E-state index in [4.69, 9.17) is 5.73 Å². The Kier molecular flexibility index (Phi) is 4.84. The molecule has 0 radical (unpaired) electrons. The highest BCUT2D eigenvalue weighted by molar-refractivity contribution is 6.05. The summed E-state index contributed by atoms with van der Waals surface area (Å²) in [6.07, 6.45) is 0. The number of alkyl halides is 2. The van der Waals surface area contributed by atoms with E-state index in [0.29, 0.717) is 12.1 Å². The lowest BCUT2D eigenvalue weighted by atomic mass is 10.1. The minimum atomic E-state index is -2.95. The molecule has 21 heavy (non-hydrogen) atoms. The van der Waals surface area contributed by atoms with Gasteiger partial charge in [0.25, 0.3) is 5.91 Å². The van der Waals surface area contributed by atoms with Gasteiger partial charge in [-0.25, -0.2) is 0 Å². The maximum atomic E-state index is 12.3. The van der Waals surface area contributed by atoms with Crippen LogP contribution in [-0.2, 0) is 6.54 Å². The van der Waals surface area contributed by atoms with Crippen LogP contribution in [0.1, 0.15) is 15.9 Å². The molecule has 6 heteroatoms. The van der Waals surface area contributed by atoms with Crippen LogP contribution >= 0.6 is 0 Å². The molecule has 2 aromatic carbocycles. The van der Waals surface area contributed by atoms with Gasteiger partial charge in [-0.2, -0.15) is 8.78 Å². The SMILES string of the molecule is NCc1ccc(C(=O)Nc2ccccc2OC(F)F)cc1. The number of anilines is 1. The maximum Gasteiger partial charge on any atom is 0.387 e. The molecule has 0 atom stereocenters. The van der Waals surface area contributed by atoms with E-state index in [9.17, 15) is 13.6 Å². The van der Waals surface area contributed by atoms with Crippen LogP contribution in [0.5, 0.6) is 5.75 Å². The van der Waals surface area contributed by atoms with Crippen LogP contribution in [0.4, 0.5) is 14.5 Å². The van der Waals surface area contributed by atoms with Crippen LogP contribution in [0.3, 0.4) is 0 Å². The summed E-state index contributed by atoms with van der Waals surface area (Å²) in [6, 6.07) is 12.7. The number of hydrogen-bond acceptors (Lipinski definition) is 3. The highest BCUT2D eigenvalue weighted by Gasteiger charge is 2.12. The van der Waals surface area contributed by atoms with Crippen molar-refractivity contribution in [1.29, 1.82) is 0 Å². The molecular weight excluding hydrogens is 278 g/mol. The summed E-state index contributed by atoms with van der Waals surface area (Å²) in [5, 5.41) is 2.54. The summed E-state index contributed by atoms with van der Waals surface area (Å²) in [6.45, 7) is -2.57. The monoisotopic (exact) mass is 292 g/mol. The molecule has 0 heterocycles. The first-order valence-electron chi connectivity index (χ1n) is 6.24. The second-order valence-electron chi connectivity index (χ2n) is 4.23. The van der Waals surface area contributed by atoms with E-state index in [1.165, 1.54) is 12.1 Å². The van der Waals surface area contributed by atoms with Crippen molar-refractivity contribution in [2.45, 2.75) is 13.2 Å². The molecule has 0 spiro atoms. The normalized spacial score (nSPS) is 10.5. The lowest BCUT2D eigenvalue weighted by Gasteiger charge is -2.11. The van der Waals surface area contributed by atoms with Crippen LogP contribution in [0.15, 0.2) is 48.5 Å². The molecule has 0 aromatic heterocycles. The van der Waals surface area contributed by atoms with Crippen LogP contribution in [0, 0.1) is 0 Å². The molecule has 0 saturated heterocycles. The van der Waals surface area contributed by atoms with Crippen LogP contribution in [0.2, 0.25) is 0 Å². The van der Waals surface area contributed by atoms with Crippen molar-refractivity contribution in [2.75, 3.05) is 5.32 Å². The van der Waals surface area contributed by atoms with Gasteiger partial charge in [0.1, 0.15) is 5.75 Å². The zero-order valence-electron chi connectivity index (χ0n) is 11.1. The zero-order valence-corrected chi connectivity index (χ0v) is 11.1. The summed E-state index contributed by atoms with van der Waals surface area (Å²) >= 11 is 0. The minimum Gasteiger partial charge on any atom is -0.433 e. The predicted molar refractivity (Wildman–Crippen MR) is 75.4 cm³/mol. The van der Waals surface area contributed by atoms with Crippen molar-refractivity contribution in [3.05, 3.63) is 59.7 Å². The number of carbonyl (C=O) groups excluding carboxylic acids is 1. The smallest absolute Gasteiger partial charge is 0.387 e. The topological polar surface area (TPSA) is 64.4 Å². The number of ether oxygens (including phenoxy) is 1. The number of nitrogens with two attached hydrogens (primary N) is 1. The Morgan fingerprint density at radius 3 is 2.43 bits per heavy atom. The predicted octanol–water partition coefficient (Wildman–Crippen LogP) is 3.00. The highest BCUT2D eigenvalue weighted by atomic mass is 19.3. The van der Waals surface area contributed by atoms with Gasteiger partial charge < -0.3 is 15.8 Å². The van der Waals surface area contributed by atoms with Crippen LogP contribution < -0.4 is 15.8 Å². The van der Waals surface area contributed by atoms with Gasteiger partial charge in [-0.1, -0.05) is 24.3 Å². The van der Waals surface area contributed by atoms with Crippen molar-refractivity contribution in [2.24, 2.45) is 5.73 Å². The summed E-state index contributed by atoms with van der Waals surface area (Å²) in [5.41, 5.74) is 6.96. The first-order valence-corrected chi connectivity index (χ1v) is 6.24. The van der Waals surface area contributed by atoms with Crippen molar-refractivity contribution in [3.63, 3.8) is 0 Å². The molecule has 0 unspecified atom stereocenters. The van der Waals surface area contributed by atoms with E-state index >= 15 is 0 Å². The number of halogens is 2. The summed E-state index contributed by atoms with van der Waals surface area (Å²) in [4.78, 5) is 12.1. The summed E-state index contributed by atoms with van der Waals surface area (Å²) in [7, 11) is 0. The van der Waals surface area contributed by atoms with Gasteiger partial charge in [0.05, 0.1) is 5.69 Å². The molecule has 0 fully saturated rings. The fourth-order valence-electron chi connectivity index (χ4n) is 1.76. The molecule has 0 aliphatic carbocycles. The summed E-state index contributed by atoms with van der Waals surface area (Å²) in [5.74, 6) is -0.497. The fourth-order valence-corrected chi connectivity index (χ4v) is 1.76. The number of amides is 1. The third kappa shape index (κ3) is 4.00. The molecule has 110 valence electrons. The Bertz CT molecular complexity index is 615. The first-order chi connectivity index (χ1) is 10.1. The van der Waals surface area contributed by atoms with Crippen molar-refractivity contribution < 1.29 is 18.3 Å². The van der Waals surface area contributed by atoms with E-state index in [0.717, 1.165) is 5.56 Å². The fraction of sp³-hybridized carbons (Fsp3) is 0.133. The largest absolute Gasteiger partial charge is 0.433 e. The van der Waals surface area contributed by atoms with E-state index in [2.05, 4.69) is 10.1 Å². The Morgan fingerprint density at radius 2 is 1.81 bits per heavy atom. The zero-order chi connectivity index (χ0) is 15.2. The van der Waals surface area contributed by atoms with Crippen molar-refractivity contribution in [3.8, 4) is 5.75 Å². The number of benzene rings is 2. The van der Waals surface area contributed by atoms with Gasteiger partial charge in [-0.05, 0) is 29.8 Å². The third-order valence-corrected chi connectivity index (χ3v) is 2.80. The van der Waals surface area contributed by atoms with Crippen molar-refractivity contribution in [1.82, 2.24) is 0 Å². The number of carbonyl (C=O) groups is 1. The van der Waals surface area contributed by atoms with Crippen LogP contribution in [0.25, 0.3) is 0 Å². The number of rotatable bonds is 5. The summed E-state index contributed by atoms with van der Waals surface area (Å²) < 4.78 is 28.9. The molecule has 3 N–H and O–H groups in total. The molecule has 0 saturated carbocycles. The highest BCUT2D eigenvalue weighted by Crippen LogP contribution is 2.26. The molecule has 1 amide bonds. The lowest BCUT2D eigenvalue weighted by molar-refractivity contribution is -0.0493. The van der Waals surface area contributed by atoms with Gasteiger partial charge >= 0.3 is 6.61 Å². The quantitative estimate of drug-likeness (QED) is 0.890. The molecule has 0 bridgehead atoms. The first kappa shape index (κ1) is 14.9. The van der Waals surface area contributed by atoms with Gasteiger partial charge in [-0.3, -0.25) is 4.79 Å². The van der Waals surface area contributed by atoms with E-state index in [1.54, 1.807) is 36.4 Å². The average Bonchev–Trinajstić information content (AvgIpc) is 2.49. The van der Waals surface area contributed by atoms with Crippen molar-refractivity contribution >= 4 is 11.6 Å². The maximum absolute atomic E-state index is 12.3. The third-order valence-electron chi connectivity index (χ3n) is 2.80. The standard InChI is InChI=1S/C15H14F2N2O2/c16-15(17)21-13-4-2-1-3-12(13)19-14(20)11-7-5-10(9-18)6-8-11/h1-8,15H,9,18H2,(H,19,20).